The predicted molar refractivity (Wildman–Crippen MR) is 106 cm³/mol. The molecule has 0 atom stereocenters. The number of aryl methyl sites for hydroxylation is 1. The van der Waals surface area contributed by atoms with Crippen molar-refractivity contribution in [3.63, 3.8) is 0 Å². The fraction of sp³-hybridized carbons (Fsp3) is 0.143. The number of nitrogens with one attached hydrogen (secondary N) is 1. The summed E-state index contributed by atoms with van der Waals surface area (Å²) in [6.45, 7) is 2.00. The lowest BCUT2D eigenvalue weighted by Gasteiger charge is -2.07. The topological polar surface area (TPSA) is 55.0 Å². The Kier molecular flexibility index (Phi) is 4.31. The second-order valence-corrected chi connectivity index (χ2v) is 7.05. The number of methoxy groups -OCH3 is 1. The summed E-state index contributed by atoms with van der Waals surface area (Å²) in [5.41, 5.74) is 3.98. The summed E-state index contributed by atoms with van der Waals surface area (Å²) >= 11 is 1.50. The van der Waals surface area contributed by atoms with Gasteiger partial charge in [0.25, 0.3) is 5.56 Å². The normalized spacial score (nSPS) is 11.0. The van der Waals surface area contributed by atoms with Crippen molar-refractivity contribution in [3.05, 3.63) is 81.2 Å². The monoisotopic (exact) mass is 362 g/mol. The van der Waals surface area contributed by atoms with E-state index in [2.05, 4.69) is 9.97 Å². The summed E-state index contributed by atoms with van der Waals surface area (Å²) in [6, 6.07) is 16.0. The van der Waals surface area contributed by atoms with E-state index in [1.54, 1.807) is 7.11 Å². The third-order valence-corrected chi connectivity index (χ3v) is 5.29. The summed E-state index contributed by atoms with van der Waals surface area (Å²) in [5.74, 6) is 1.53. The molecule has 0 bridgehead atoms. The first-order valence-corrected chi connectivity index (χ1v) is 9.23. The van der Waals surface area contributed by atoms with Crippen LogP contribution >= 0.6 is 11.3 Å². The van der Waals surface area contributed by atoms with Gasteiger partial charge in [-0.1, -0.05) is 36.4 Å². The molecule has 1 N–H and O–H groups in total. The molecule has 0 saturated carbocycles. The van der Waals surface area contributed by atoms with Crippen molar-refractivity contribution in [1.82, 2.24) is 9.97 Å². The van der Waals surface area contributed by atoms with Gasteiger partial charge in [-0.3, -0.25) is 4.79 Å². The SMILES string of the molecule is COc1ccc(-c2csc3nc(Cc4ccccc4)[nH]c(=O)c23)cc1C. The highest BCUT2D eigenvalue weighted by Gasteiger charge is 2.14. The maximum Gasteiger partial charge on any atom is 0.260 e. The molecule has 0 radical (unpaired) electrons. The Morgan fingerprint density at radius 3 is 2.69 bits per heavy atom. The van der Waals surface area contributed by atoms with E-state index in [1.165, 1.54) is 11.3 Å². The van der Waals surface area contributed by atoms with Gasteiger partial charge in [0.05, 0.1) is 12.5 Å². The highest BCUT2D eigenvalue weighted by Crippen LogP contribution is 2.33. The van der Waals surface area contributed by atoms with Crippen LogP contribution in [0.4, 0.5) is 0 Å². The molecule has 0 aliphatic rings. The summed E-state index contributed by atoms with van der Waals surface area (Å²) < 4.78 is 5.32. The molecule has 4 aromatic rings. The van der Waals surface area contributed by atoms with Gasteiger partial charge in [-0.2, -0.15) is 0 Å². The van der Waals surface area contributed by atoms with E-state index < -0.39 is 0 Å². The highest BCUT2D eigenvalue weighted by atomic mass is 32.1. The van der Waals surface area contributed by atoms with Gasteiger partial charge in [0.1, 0.15) is 16.4 Å². The highest BCUT2D eigenvalue weighted by molar-refractivity contribution is 7.17. The number of nitrogens with zero attached hydrogens (tertiary/aromatic N) is 1. The first kappa shape index (κ1) is 16.5. The van der Waals surface area contributed by atoms with E-state index in [9.17, 15) is 4.79 Å². The number of benzene rings is 2. The summed E-state index contributed by atoms with van der Waals surface area (Å²) in [5, 5.41) is 2.65. The van der Waals surface area contributed by atoms with E-state index in [0.717, 1.165) is 32.8 Å². The number of thiophene rings is 1. The van der Waals surface area contributed by atoms with Crippen LogP contribution in [0.3, 0.4) is 0 Å². The molecule has 2 heterocycles. The second kappa shape index (κ2) is 6.77. The number of hydrogen-bond donors (Lipinski definition) is 1. The van der Waals surface area contributed by atoms with Crippen molar-refractivity contribution in [2.45, 2.75) is 13.3 Å². The number of aromatic nitrogens is 2. The number of ether oxygens (including phenoxy) is 1. The molecule has 0 aliphatic carbocycles. The molecule has 0 unspecified atom stereocenters. The van der Waals surface area contributed by atoms with Gasteiger partial charge in [-0.05, 0) is 35.7 Å². The van der Waals surface area contributed by atoms with Gasteiger partial charge >= 0.3 is 0 Å². The molecule has 2 aromatic carbocycles. The first-order chi connectivity index (χ1) is 12.7. The number of rotatable bonds is 4. The van der Waals surface area contributed by atoms with Crippen LogP contribution in [0.15, 0.2) is 58.7 Å². The average Bonchev–Trinajstić information content (AvgIpc) is 3.07. The van der Waals surface area contributed by atoms with Crippen LogP contribution in [0.1, 0.15) is 17.0 Å². The van der Waals surface area contributed by atoms with Gasteiger partial charge < -0.3 is 9.72 Å². The maximum atomic E-state index is 12.7. The van der Waals surface area contributed by atoms with Crippen LogP contribution in [-0.2, 0) is 6.42 Å². The van der Waals surface area contributed by atoms with Crippen LogP contribution < -0.4 is 10.3 Å². The van der Waals surface area contributed by atoms with Gasteiger partial charge in [-0.25, -0.2) is 4.98 Å². The zero-order valence-electron chi connectivity index (χ0n) is 14.6. The Hall–Kier alpha value is -2.92. The third-order valence-electron chi connectivity index (χ3n) is 4.41. The Balaban J connectivity index is 1.77. The largest absolute Gasteiger partial charge is 0.496 e. The van der Waals surface area contributed by atoms with Crippen LogP contribution in [0, 0.1) is 6.92 Å². The van der Waals surface area contributed by atoms with E-state index in [-0.39, 0.29) is 5.56 Å². The lowest BCUT2D eigenvalue weighted by atomic mass is 10.0. The number of aromatic amines is 1. The summed E-state index contributed by atoms with van der Waals surface area (Å²) in [7, 11) is 1.66. The van der Waals surface area contributed by atoms with Crippen molar-refractivity contribution in [3.8, 4) is 16.9 Å². The van der Waals surface area contributed by atoms with E-state index >= 15 is 0 Å². The van der Waals surface area contributed by atoms with Gasteiger partial charge in [-0.15, -0.1) is 11.3 Å². The zero-order valence-corrected chi connectivity index (χ0v) is 15.4. The molecule has 0 saturated heterocycles. The fourth-order valence-electron chi connectivity index (χ4n) is 3.12. The van der Waals surface area contributed by atoms with Crippen molar-refractivity contribution < 1.29 is 4.74 Å². The summed E-state index contributed by atoms with van der Waals surface area (Å²) in [4.78, 5) is 21.1. The van der Waals surface area contributed by atoms with Crippen LogP contribution in [0.2, 0.25) is 0 Å². The van der Waals surface area contributed by atoms with E-state index in [1.807, 2.05) is 60.8 Å². The van der Waals surface area contributed by atoms with Gasteiger partial charge in [0, 0.05) is 17.4 Å². The minimum absolute atomic E-state index is 0.0920. The molecular formula is C21H18N2O2S. The molecule has 26 heavy (non-hydrogen) atoms. The van der Waals surface area contributed by atoms with E-state index in [4.69, 9.17) is 4.74 Å². The Labute approximate surface area is 155 Å². The molecule has 2 aromatic heterocycles. The van der Waals surface area contributed by atoms with Gasteiger partial charge in [0.2, 0.25) is 0 Å². The van der Waals surface area contributed by atoms with Gasteiger partial charge in [0.15, 0.2) is 0 Å². The standard InChI is InChI=1S/C21H18N2O2S/c1-13-10-15(8-9-17(13)25-2)16-12-26-21-19(16)20(24)22-18(23-21)11-14-6-4-3-5-7-14/h3-10,12H,11H2,1-2H3,(H,22,23,24). The van der Waals surface area contributed by atoms with Crippen molar-refractivity contribution in [2.75, 3.05) is 7.11 Å². The minimum Gasteiger partial charge on any atom is -0.496 e. The molecular weight excluding hydrogens is 344 g/mol. The van der Waals surface area contributed by atoms with Crippen molar-refractivity contribution in [1.29, 1.82) is 0 Å². The lowest BCUT2D eigenvalue weighted by Crippen LogP contribution is -2.11. The zero-order chi connectivity index (χ0) is 18.1. The molecule has 130 valence electrons. The molecule has 0 fully saturated rings. The molecule has 0 amide bonds. The smallest absolute Gasteiger partial charge is 0.260 e. The lowest BCUT2D eigenvalue weighted by molar-refractivity contribution is 0.412. The second-order valence-electron chi connectivity index (χ2n) is 6.19. The van der Waals surface area contributed by atoms with Crippen LogP contribution in [0.25, 0.3) is 21.3 Å². The average molecular weight is 362 g/mol. The fourth-order valence-corrected chi connectivity index (χ4v) is 4.09. The minimum atomic E-state index is -0.0920. The number of fused-ring (bicyclic) bond motifs is 1. The molecule has 0 aliphatic heterocycles. The molecule has 5 heteroatoms. The predicted octanol–water partition coefficient (Wildman–Crippen LogP) is 4.56. The van der Waals surface area contributed by atoms with Crippen molar-refractivity contribution in [2.24, 2.45) is 0 Å². The Morgan fingerprint density at radius 1 is 1.15 bits per heavy atom. The summed E-state index contributed by atoms with van der Waals surface area (Å²) in [6.07, 6.45) is 0.612. The molecule has 0 spiro atoms. The number of hydrogen-bond acceptors (Lipinski definition) is 4. The Bertz CT molecular complexity index is 1130. The van der Waals surface area contributed by atoms with Crippen LogP contribution in [-0.4, -0.2) is 17.1 Å². The number of H-pyrrole nitrogens is 1. The Morgan fingerprint density at radius 2 is 1.96 bits per heavy atom. The first-order valence-electron chi connectivity index (χ1n) is 8.35. The van der Waals surface area contributed by atoms with E-state index in [0.29, 0.717) is 17.6 Å². The molecule has 4 nitrogen and oxygen atoms in total. The van der Waals surface area contributed by atoms with Crippen LogP contribution in [0.5, 0.6) is 5.75 Å². The molecule has 4 rings (SSSR count). The van der Waals surface area contributed by atoms with Crippen molar-refractivity contribution >= 4 is 21.6 Å². The quantitative estimate of drug-likeness (QED) is 0.579. The maximum absolute atomic E-state index is 12.7. The third kappa shape index (κ3) is 3.02.